The van der Waals surface area contributed by atoms with Gasteiger partial charge in [-0.25, -0.2) is 9.80 Å². The SMILES string of the molecule is CN=C(N)N(C#N)CCC(N)c1nnsc1C(N)CCN(C#N)C(N)=NC. The molecule has 146 valence electrons. The number of rotatable bonds is 8. The maximum atomic E-state index is 9.11. The lowest BCUT2D eigenvalue weighted by Crippen LogP contribution is -2.36. The maximum absolute atomic E-state index is 9.11. The van der Waals surface area contributed by atoms with Gasteiger partial charge in [0.15, 0.2) is 12.4 Å². The van der Waals surface area contributed by atoms with E-state index in [1.807, 2.05) is 12.4 Å². The van der Waals surface area contributed by atoms with E-state index in [1.165, 1.54) is 23.9 Å². The van der Waals surface area contributed by atoms with Gasteiger partial charge in [0.2, 0.25) is 11.9 Å². The molecule has 0 aromatic carbocycles. The summed E-state index contributed by atoms with van der Waals surface area (Å²) in [5, 5.41) is 22.3. The first-order valence-electron chi connectivity index (χ1n) is 8.01. The van der Waals surface area contributed by atoms with Gasteiger partial charge in [0.25, 0.3) is 0 Å². The van der Waals surface area contributed by atoms with E-state index in [1.54, 1.807) is 0 Å². The lowest BCUT2D eigenvalue weighted by atomic mass is 10.1. The van der Waals surface area contributed by atoms with E-state index < -0.39 is 12.1 Å². The van der Waals surface area contributed by atoms with Crippen LogP contribution >= 0.6 is 11.5 Å². The third kappa shape index (κ3) is 6.03. The van der Waals surface area contributed by atoms with Crippen molar-refractivity contribution in [3.05, 3.63) is 10.6 Å². The molecule has 0 spiro atoms. The maximum Gasteiger partial charge on any atom is 0.204 e. The van der Waals surface area contributed by atoms with E-state index >= 15 is 0 Å². The number of aliphatic imine (C=N–C) groups is 2. The highest BCUT2D eigenvalue weighted by Crippen LogP contribution is 2.26. The van der Waals surface area contributed by atoms with Crippen LogP contribution in [0.15, 0.2) is 9.98 Å². The van der Waals surface area contributed by atoms with Crippen LogP contribution in [0.1, 0.15) is 35.5 Å². The molecule has 1 aromatic rings. The summed E-state index contributed by atoms with van der Waals surface area (Å²) in [6, 6.07) is -0.888. The molecule has 0 radical (unpaired) electrons. The van der Waals surface area contributed by atoms with Gasteiger partial charge in [-0.3, -0.25) is 9.98 Å². The van der Waals surface area contributed by atoms with E-state index in [0.29, 0.717) is 31.6 Å². The zero-order valence-electron chi connectivity index (χ0n) is 15.3. The molecule has 27 heavy (non-hydrogen) atoms. The molecule has 8 N–H and O–H groups in total. The van der Waals surface area contributed by atoms with Crippen molar-refractivity contribution in [2.45, 2.75) is 24.9 Å². The van der Waals surface area contributed by atoms with Crippen molar-refractivity contribution in [3.8, 4) is 12.4 Å². The lowest BCUT2D eigenvalue weighted by Gasteiger charge is -2.19. The summed E-state index contributed by atoms with van der Waals surface area (Å²) >= 11 is 1.15. The predicted octanol–water partition coefficient (Wildman–Crippen LogP) is -1.23. The summed E-state index contributed by atoms with van der Waals surface area (Å²) in [5.74, 6) is 0.237. The van der Waals surface area contributed by atoms with Crippen LogP contribution in [0.4, 0.5) is 0 Å². The van der Waals surface area contributed by atoms with Gasteiger partial charge in [-0.15, -0.1) is 5.10 Å². The van der Waals surface area contributed by atoms with Gasteiger partial charge >= 0.3 is 0 Å². The van der Waals surface area contributed by atoms with Crippen molar-refractivity contribution < 1.29 is 0 Å². The Labute approximate surface area is 161 Å². The van der Waals surface area contributed by atoms with Gasteiger partial charge in [0.1, 0.15) is 0 Å². The third-order valence-corrected chi connectivity index (χ3v) is 4.68. The number of guanidine groups is 2. The fourth-order valence-corrected chi connectivity index (χ4v) is 2.95. The van der Waals surface area contributed by atoms with Gasteiger partial charge in [0.05, 0.1) is 16.6 Å². The normalized spacial score (nSPS) is 14.1. The van der Waals surface area contributed by atoms with Crippen molar-refractivity contribution in [2.75, 3.05) is 27.2 Å². The van der Waals surface area contributed by atoms with Crippen molar-refractivity contribution in [1.29, 1.82) is 10.5 Å². The highest BCUT2D eigenvalue weighted by atomic mass is 32.1. The molecule has 2 atom stereocenters. The Hall–Kier alpha value is -3.00. The lowest BCUT2D eigenvalue weighted by molar-refractivity contribution is 0.482. The summed E-state index contributed by atoms with van der Waals surface area (Å²) in [4.78, 5) is 10.8. The molecule has 0 aliphatic rings. The zero-order chi connectivity index (χ0) is 20.4. The molecule has 0 fully saturated rings. The fourth-order valence-electron chi connectivity index (χ4n) is 2.20. The summed E-state index contributed by atoms with van der Waals surface area (Å²) in [6.07, 6.45) is 4.76. The molecule has 0 amide bonds. The monoisotopic (exact) mass is 392 g/mol. The van der Waals surface area contributed by atoms with Crippen LogP contribution in [-0.2, 0) is 0 Å². The average molecular weight is 392 g/mol. The van der Waals surface area contributed by atoms with Gasteiger partial charge in [-0.1, -0.05) is 4.49 Å². The van der Waals surface area contributed by atoms with Crippen LogP contribution < -0.4 is 22.9 Å². The minimum absolute atomic E-state index is 0.116. The van der Waals surface area contributed by atoms with E-state index in [4.69, 9.17) is 33.5 Å². The molecule has 13 heteroatoms. The second-order valence-corrected chi connectivity index (χ2v) is 6.27. The van der Waals surface area contributed by atoms with E-state index in [2.05, 4.69) is 19.6 Å². The number of nitrogens with zero attached hydrogens (tertiary/aromatic N) is 8. The molecule has 12 nitrogen and oxygen atoms in total. The van der Waals surface area contributed by atoms with Crippen LogP contribution in [-0.4, -0.2) is 58.5 Å². The number of hydrogen-bond donors (Lipinski definition) is 4. The minimum atomic E-state index is -0.473. The van der Waals surface area contributed by atoms with E-state index in [9.17, 15) is 0 Å². The Kier molecular flexibility index (Phi) is 8.87. The Morgan fingerprint density at radius 2 is 1.52 bits per heavy atom. The van der Waals surface area contributed by atoms with Crippen LogP contribution in [0.3, 0.4) is 0 Å². The minimum Gasteiger partial charge on any atom is -0.369 e. The Morgan fingerprint density at radius 3 is 1.96 bits per heavy atom. The molecule has 0 saturated heterocycles. The molecular formula is C14H24N12S. The second-order valence-electron chi connectivity index (χ2n) is 5.48. The smallest absolute Gasteiger partial charge is 0.204 e. The summed E-state index contributed by atoms with van der Waals surface area (Å²) < 4.78 is 3.94. The molecule has 0 saturated carbocycles. The standard InChI is InChI=1S/C14H24N12S/c1-21-13(19)25(7-15)5-3-9(17)11-12(27-24-23-11)10(18)4-6-26(8-16)14(20)22-2/h9-10H,3-6,17-18H2,1-2H3,(H2,19,21)(H2,20,22). The molecule has 0 aliphatic carbocycles. The van der Waals surface area contributed by atoms with Crippen LogP contribution in [0.2, 0.25) is 0 Å². The number of nitrogens with two attached hydrogens (primary N) is 4. The zero-order valence-corrected chi connectivity index (χ0v) is 16.1. The fraction of sp³-hybridized carbons (Fsp3) is 0.571. The van der Waals surface area contributed by atoms with Crippen LogP contribution in [0.5, 0.6) is 0 Å². The molecule has 1 aromatic heterocycles. The van der Waals surface area contributed by atoms with Crippen molar-refractivity contribution in [2.24, 2.45) is 32.9 Å². The van der Waals surface area contributed by atoms with Gasteiger partial charge in [-0.2, -0.15) is 10.5 Å². The number of hydrogen-bond acceptors (Lipinski definition) is 9. The van der Waals surface area contributed by atoms with E-state index in [-0.39, 0.29) is 11.9 Å². The van der Waals surface area contributed by atoms with Gasteiger partial charge < -0.3 is 22.9 Å². The molecule has 2 unspecified atom stereocenters. The highest BCUT2D eigenvalue weighted by Gasteiger charge is 2.22. The Bertz CT molecular complexity index is 682. The first kappa shape index (κ1) is 22.0. The van der Waals surface area contributed by atoms with Crippen molar-refractivity contribution >= 4 is 23.5 Å². The first-order chi connectivity index (χ1) is 12.9. The molecular weight excluding hydrogens is 368 g/mol. The topological polar surface area (TPSA) is 209 Å². The highest BCUT2D eigenvalue weighted by molar-refractivity contribution is 7.05. The van der Waals surface area contributed by atoms with Gasteiger partial charge in [-0.05, 0) is 24.4 Å². The second kappa shape index (κ2) is 10.9. The number of nitriles is 2. The largest absolute Gasteiger partial charge is 0.369 e. The molecule has 1 rings (SSSR count). The van der Waals surface area contributed by atoms with Gasteiger partial charge in [0, 0.05) is 33.2 Å². The average Bonchev–Trinajstić information content (AvgIpc) is 3.17. The van der Waals surface area contributed by atoms with E-state index in [0.717, 1.165) is 16.4 Å². The Morgan fingerprint density at radius 1 is 1.04 bits per heavy atom. The first-order valence-corrected chi connectivity index (χ1v) is 8.79. The summed E-state index contributed by atoms with van der Waals surface area (Å²) in [7, 11) is 3.01. The summed E-state index contributed by atoms with van der Waals surface area (Å²) in [5.41, 5.74) is 24.3. The van der Waals surface area contributed by atoms with Crippen LogP contribution in [0.25, 0.3) is 0 Å². The van der Waals surface area contributed by atoms with Crippen molar-refractivity contribution in [3.63, 3.8) is 0 Å². The summed E-state index contributed by atoms with van der Waals surface area (Å²) in [6.45, 7) is 0.595. The third-order valence-electron chi connectivity index (χ3n) is 3.81. The molecule has 0 bridgehead atoms. The van der Waals surface area contributed by atoms with Crippen molar-refractivity contribution in [1.82, 2.24) is 19.4 Å². The number of aromatic nitrogens is 2. The predicted molar refractivity (Wildman–Crippen MR) is 103 cm³/mol. The molecule has 0 aliphatic heterocycles. The Balaban J connectivity index is 2.75. The quantitative estimate of drug-likeness (QED) is 0.179. The molecule has 1 heterocycles. The van der Waals surface area contributed by atoms with Crippen LogP contribution in [0, 0.1) is 22.9 Å².